The summed E-state index contributed by atoms with van der Waals surface area (Å²) in [6.45, 7) is 0.825. The van der Waals surface area contributed by atoms with Crippen molar-refractivity contribution in [2.75, 3.05) is 11.9 Å². The van der Waals surface area contributed by atoms with Crippen molar-refractivity contribution in [1.82, 2.24) is 14.7 Å². The zero-order valence-electron chi connectivity index (χ0n) is 12.7. The molecule has 2 heterocycles. The molecule has 2 aromatic rings. The van der Waals surface area contributed by atoms with Crippen molar-refractivity contribution < 1.29 is 9.59 Å². The fraction of sp³-hybridized carbons (Fsp3) is 0.312. The third-order valence-electron chi connectivity index (χ3n) is 3.88. The van der Waals surface area contributed by atoms with Crippen molar-refractivity contribution in [3.05, 3.63) is 47.2 Å². The minimum absolute atomic E-state index is 0.0312. The second-order valence-corrected chi connectivity index (χ2v) is 6.07. The SMILES string of the molecule is Cn1cc(NC(=O)[C@@H]2CC(=O)N(Cc3ccccc3Cl)C2)cn1. The molecule has 1 aromatic heterocycles. The van der Waals surface area contributed by atoms with E-state index >= 15 is 0 Å². The number of nitrogens with zero attached hydrogens (tertiary/aromatic N) is 3. The molecule has 23 heavy (non-hydrogen) atoms. The summed E-state index contributed by atoms with van der Waals surface area (Å²) in [4.78, 5) is 26.1. The second-order valence-electron chi connectivity index (χ2n) is 5.66. The predicted molar refractivity (Wildman–Crippen MR) is 86.8 cm³/mol. The number of hydrogen-bond acceptors (Lipinski definition) is 3. The third-order valence-corrected chi connectivity index (χ3v) is 4.25. The molecule has 120 valence electrons. The molecule has 7 heteroatoms. The van der Waals surface area contributed by atoms with E-state index in [1.165, 1.54) is 0 Å². The lowest BCUT2D eigenvalue weighted by molar-refractivity contribution is -0.128. The molecule has 2 amide bonds. The molecular formula is C16H17ClN4O2. The summed E-state index contributed by atoms with van der Waals surface area (Å²) in [5, 5.41) is 7.42. The highest BCUT2D eigenvalue weighted by atomic mass is 35.5. The maximum absolute atomic E-state index is 12.3. The topological polar surface area (TPSA) is 67.2 Å². The zero-order valence-corrected chi connectivity index (χ0v) is 13.5. The summed E-state index contributed by atoms with van der Waals surface area (Å²) in [5.74, 6) is -0.547. The number of nitrogens with one attached hydrogen (secondary N) is 1. The Morgan fingerprint density at radius 2 is 2.22 bits per heavy atom. The van der Waals surface area contributed by atoms with Crippen LogP contribution in [-0.2, 0) is 23.2 Å². The Hall–Kier alpha value is -2.34. The van der Waals surface area contributed by atoms with Gasteiger partial charge in [0.05, 0.1) is 17.8 Å². The summed E-state index contributed by atoms with van der Waals surface area (Å²) in [7, 11) is 1.78. The highest BCUT2D eigenvalue weighted by Crippen LogP contribution is 2.24. The monoisotopic (exact) mass is 332 g/mol. The van der Waals surface area contributed by atoms with Crippen LogP contribution >= 0.6 is 11.6 Å². The molecule has 1 aromatic carbocycles. The Morgan fingerprint density at radius 1 is 1.43 bits per heavy atom. The van der Waals surface area contributed by atoms with Crippen molar-refractivity contribution in [2.45, 2.75) is 13.0 Å². The van der Waals surface area contributed by atoms with Crippen molar-refractivity contribution >= 4 is 29.1 Å². The molecule has 0 unspecified atom stereocenters. The first-order chi connectivity index (χ1) is 11.0. The van der Waals surface area contributed by atoms with Gasteiger partial charge in [-0.2, -0.15) is 5.10 Å². The van der Waals surface area contributed by atoms with Crippen LogP contribution in [0.2, 0.25) is 5.02 Å². The quantitative estimate of drug-likeness (QED) is 0.932. The highest BCUT2D eigenvalue weighted by molar-refractivity contribution is 6.31. The molecule has 1 saturated heterocycles. The summed E-state index contributed by atoms with van der Waals surface area (Å²) in [5.41, 5.74) is 1.52. The molecule has 0 bridgehead atoms. The van der Waals surface area contributed by atoms with E-state index in [0.29, 0.717) is 23.8 Å². The lowest BCUT2D eigenvalue weighted by Gasteiger charge is -2.17. The van der Waals surface area contributed by atoms with Crippen LogP contribution < -0.4 is 5.32 Å². The lowest BCUT2D eigenvalue weighted by atomic mass is 10.1. The smallest absolute Gasteiger partial charge is 0.229 e. The van der Waals surface area contributed by atoms with E-state index in [0.717, 1.165) is 5.56 Å². The Morgan fingerprint density at radius 3 is 2.91 bits per heavy atom. The average Bonchev–Trinajstić information content (AvgIpc) is 3.08. The maximum Gasteiger partial charge on any atom is 0.229 e. The van der Waals surface area contributed by atoms with E-state index in [9.17, 15) is 9.59 Å². The second kappa shape index (κ2) is 6.42. The van der Waals surface area contributed by atoms with Gasteiger partial charge in [0.15, 0.2) is 0 Å². The van der Waals surface area contributed by atoms with Crippen LogP contribution in [0.4, 0.5) is 5.69 Å². The van der Waals surface area contributed by atoms with Crippen LogP contribution in [0, 0.1) is 5.92 Å². The van der Waals surface area contributed by atoms with Gasteiger partial charge in [0.25, 0.3) is 0 Å². The van der Waals surface area contributed by atoms with Gasteiger partial charge >= 0.3 is 0 Å². The number of carbonyl (C=O) groups is 2. The van der Waals surface area contributed by atoms with Gasteiger partial charge in [-0.1, -0.05) is 29.8 Å². The van der Waals surface area contributed by atoms with Gasteiger partial charge in [-0.05, 0) is 11.6 Å². The number of halogens is 1. The number of anilines is 1. The molecule has 1 N–H and O–H groups in total. The number of carbonyl (C=O) groups excluding carboxylic acids is 2. The van der Waals surface area contributed by atoms with Crippen LogP contribution in [0.25, 0.3) is 0 Å². The van der Waals surface area contributed by atoms with E-state index in [-0.39, 0.29) is 24.2 Å². The van der Waals surface area contributed by atoms with E-state index in [1.807, 2.05) is 18.2 Å². The van der Waals surface area contributed by atoms with Crippen molar-refractivity contribution in [3.8, 4) is 0 Å². The number of hydrogen-bond donors (Lipinski definition) is 1. The van der Waals surface area contributed by atoms with Crippen molar-refractivity contribution in [3.63, 3.8) is 0 Å². The Kier molecular flexibility index (Phi) is 4.34. The number of aromatic nitrogens is 2. The fourth-order valence-electron chi connectivity index (χ4n) is 2.66. The third kappa shape index (κ3) is 3.53. The minimum Gasteiger partial charge on any atom is -0.337 e. The molecule has 0 saturated carbocycles. The minimum atomic E-state index is -0.356. The number of rotatable bonds is 4. The van der Waals surface area contributed by atoms with Gasteiger partial charge in [-0.15, -0.1) is 0 Å². The summed E-state index contributed by atoms with van der Waals surface area (Å²) >= 11 is 6.13. The first kappa shape index (κ1) is 15.6. The number of likely N-dealkylation sites (tertiary alicyclic amines) is 1. The van der Waals surface area contributed by atoms with Crippen molar-refractivity contribution in [1.29, 1.82) is 0 Å². The van der Waals surface area contributed by atoms with E-state index < -0.39 is 0 Å². The molecular weight excluding hydrogens is 316 g/mol. The molecule has 1 aliphatic rings. The molecule has 3 rings (SSSR count). The Labute approximate surface area is 139 Å². The summed E-state index contributed by atoms with van der Waals surface area (Å²) in [6, 6.07) is 7.42. The standard InChI is InChI=1S/C16H17ClN4O2/c1-20-10-13(7-18-20)19-16(23)12-6-15(22)21(9-12)8-11-4-2-3-5-14(11)17/h2-5,7,10,12H,6,8-9H2,1H3,(H,19,23)/t12-/m1/s1. The van der Waals surface area contributed by atoms with Gasteiger partial charge in [-0.3, -0.25) is 14.3 Å². The zero-order chi connectivity index (χ0) is 16.4. The van der Waals surface area contributed by atoms with Crippen LogP contribution in [0.3, 0.4) is 0 Å². The largest absolute Gasteiger partial charge is 0.337 e. The Balaban J connectivity index is 1.63. The first-order valence-corrected chi connectivity index (χ1v) is 7.71. The predicted octanol–water partition coefficient (Wildman–Crippen LogP) is 2.06. The average molecular weight is 333 g/mol. The van der Waals surface area contributed by atoms with E-state index in [4.69, 9.17) is 11.6 Å². The maximum atomic E-state index is 12.3. The molecule has 6 nitrogen and oxygen atoms in total. The van der Waals surface area contributed by atoms with Gasteiger partial charge < -0.3 is 10.2 Å². The van der Waals surface area contributed by atoms with Crippen LogP contribution in [-0.4, -0.2) is 33.0 Å². The first-order valence-electron chi connectivity index (χ1n) is 7.33. The summed E-state index contributed by atoms with van der Waals surface area (Å²) in [6.07, 6.45) is 3.52. The van der Waals surface area contributed by atoms with Crippen LogP contribution in [0.1, 0.15) is 12.0 Å². The van der Waals surface area contributed by atoms with E-state index in [2.05, 4.69) is 10.4 Å². The molecule has 1 atom stereocenters. The molecule has 0 radical (unpaired) electrons. The van der Waals surface area contributed by atoms with Gasteiger partial charge in [0.2, 0.25) is 11.8 Å². The highest BCUT2D eigenvalue weighted by Gasteiger charge is 2.34. The van der Waals surface area contributed by atoms with E-state index in [1.54, 1.807) is 35.1 Å². The van der Waals surface area contributed by atoms with Gasteiger partial charge in [-0.25, -0.2) is 0 Å². The van der Waals surface area contributed by atoms with Crippen LogP contribution in [0.15, 0.2) is 36.7 Å². The van der Waals surface area contributed by atoms with Gasteiger partial charge in [0.1, 0.15) is 0 Å². The number of aryl methyl sites for hydroxylation is 1. The fourth-order valence-corrected chi connectivity index (χ4v) is 2.86. The number of benzene rings is 1. The summed E-state index contributed by atoms with van der Waals surface area (Å²) < 4.78 is 1.61. The molecule has 1 fully saturated rings. The normalized spacial score (nSPS) is 17.6. The molecule has 0 aliphatic carbocycles. The molecule has 0 spiro atoms. The van der Waals surface area contributed by atoms with Crippen molar-refractivity contribution in [2.24, 2.45) is 13.0 Å². The van der Waals surface area contributed by atoms with Crippen LogP contribution in [0.5, 0.6) is 0 Å². The number of amides is 2. The Bertz CT molecular complexity index is 743. The lowest BCUT2D eigenvalue weighted by Crippen LogP contribution is -2.28. The molecule has 1 aliphatic heterocycles. The van der Waals surface area contributed by atoms with Gasteiger partial charge in [0, 0.05) is 37.8 Å².